The van der Waals surface area contributed by atoms with Gasteiger partial charge in [0.05, 0.1) is 19.3 Å². The number of benzene rings is 2. The molecule has 1 N–H and O–H groups in total. The smallest absolute Gasteiger partial charge is 0.123 e. The van der Waals surface area contributed by atoms with Crippen LogP contribution in [0.25, 0.3) is 0 Å². The fraction of sp³-hybridized carbons (Fsp3) is 0.368. The zero-order valence-corrected chi connectivity index (χ0v) is 13.2. The molecule has 3 heteroatoms. The second-order valence-electron chi connectivity index (χ2n) is 5.98. The molecule has 1 unspecified atom stereocenters. The minimum atomic E-state index is 0.0729. The minimum absolute atomic E-state index is 0.0729. The summed E-state index contributed by atoms with van der Waals surface area (Å²) < 4.78 is 5.50. The Hall–Kier alpha value is -1.84. The van der Waals surface area contributed by atoms with Gasteiger partial charge in [0.15, 0.2) is 0 Å². The maximum atomic E-state index is 10.6. The Bertz CT molecular complexity index is 633. The Balaban J connectivity index is 2.09. The Morgan fingerprint density at radius 1 is 1.05 bits per heavy atom. The van der Waals surface area contributed by atoms with Gasteiger partial charge in [-0.05, 0) is 25.0 Å². The third-order valence-corrected chi connectivity index (χ3v) is 4.30. The summed E-state index contributed by atoms with van der Waals surface area (Å²) in [4.78, 5) is 2.40. The fourth-order valence-corrected chi connectivity index (χ4v) is 3.26. The van der Waals surface area contributed by atoms with Crippen molar-refractivity contribution >= 4 is 0 Å². The van der Waals surface area contributed by atoms with Gasteiger partial charge in [-0.25, -0.2) is 0 Å². The van der Waals surface area contributed by atoms with Crippen LogP contribution in [0.3, 0.4) is 0 Å². The van der Waals surface area contributed by atoms with Gasteiger partial charge in [-0.15, -0.1) is 0 Å². The Kier molecular flexibility index (Phi) is 4.46. The molecule has 0 radical (unpaired) electrons. The lowest BCUT2D eigenvalue weighted by atomic mass is 9.93. The lowest BCUT2D eigenvalue weighted by Crippen LogP contribution is -2.39. The van der Waals surface area contributed by atoms with E-state index < -0.39 is 0 Å². The summed E-state index contributed by atoms with van der Waals surface area (Å²) in [6, 6.07) is 14.6. The van der Waals surface area contributed by atoms with E-state index in [4.69, 9.17) is 4.74 Å². The first-order valence-corrected chi connectivity index (χ1v) is 7.83. The number of aromatic hydroxyl groups is 1. The summed E-state index contributed by atoms with van der Waals surface area (Å²) in [5.74, 6) is 0.408. The van der Waals surface area contributed by atoms with Gasteiger partial charge in [-0.1, -0.05) is 48.0 Å². The molecule has 22 heavy (non-hydrogen) atoms. The third-order valence-electron chi connectivity index (χ3n) is 4.30. The van der Waals surface area contributed by atoms with Crippen molar-refractivity contribution in [3.8, 4) is 5.75 Å². The maximum Gasteiger partial charge on any atom is 0.123 e. The molecule has 3 rings (SSSR count). The summed E-state index contributed by atoms with van der Waals surface area (Å²) in [6.07, 6.45) is 0. The minimum Gasteiger partial charge on any atom is -0.507 e. The summed E-state index contributed by atoms with van der Waals surface area (Å²) in [5.41, 5.74) is 4.32. The van der Waals surface area contributed by atoms with E-state index in [1.165, 1.54) is 11.1 Å². The fourth-order valence-electron chi connectivity index (χ4n) is 3.26. The van der Waals surface area contributed by atoms with Crippen LogP contribution in [0.1, 0.15) is 28.3 Å². The zero-order chi connectivity index (χ0) is 15.5. The van der Waals surface area contributed by atoms with Gasteiger partial charge < -0.3 is 9.84 Å². The number of nitrogens with zero attached hydrogens (tertiary/aromatic N) is 1. The highest BCUT2D eigenvalue weighted by atomic mass is 16.5. The molecule has 0 aliphatic carbocycles. The number of hydrogen-bond donors (Lipinski definition) is 1. The van der Waals surface area contributed by atoms with E-state index in [-0.39, 0.29) is 6.04 Å². The van der Waals surface area contributed by atoms with Crippen molar-refractivity contribution in [3.05, 3.63) is 64.7 Å². The number of ether oxygens (including phenoxy) is 1. The van der Waals surface area contributed by atoms with Crippen molar-refractivity contribution in [2.45, 2.75) is 19.9 Å². The normalized spacial score (nSPS) is 17.4. The first kappa shape index (κ1) is 15.1. The number of phenols is 1. The first-order valence-electron chi connectivity index (χ1n) is 7.83. The van der Waals surface area contributed by atoms with Crippen LogP contribution in [-0.2, 0) is 4.74 Å². The Morgan fingerprint density at radius 2 is 1.73 bits per heavy atom. The first-order chi connectivity index (χ1) is 10.7. The van der Waals surface area contributed by atoms with Crippen LogP contribution in [0, 0.1) is 13.8 Å². The molecule has 0 bridgehead atoms. The zero-order valence-electron chi connectivity index (χ0n) is 13.2. The van der Waals surface area contributed by atoms with Crippen LogP contribution in [0.5, 0.6) is 5.75 Å². The molecule has 1 fully saturated rings. The molecule has 0 spiro atoms. The highest BCUT2D eigenvalue weighted by molar-refractivity contribution is 5.47. The Labute approximate surface area is 132 Å². The number of phenolic OH excluding ortho intramolecular Hbond substituents is 1. The number of rotatable bonds is 3. The van der Waals surface area contributed by atoms with Gasteiger partial charge in [-0.3, -0.25) is 4.90 Å². The van der Waals surface area contributed by atoms with Crippen molar-refractivity contribution in [2.75, 3.05) is 26.3 Å². The van der Waals surface area contributed by atoms with E-state index in [0.717, 1.165) is 37.4 Å². The van der Waals surface area contributed by atoms with E-state index in [1.54, 1.807) is 0 Å². The van der Waals surface area contributed by atoms with Gasteiger partial charge in [0.2, 0.25) is 0 Å². The standard InChI is InChI=1S/C19H23NO2/c1-14-12-15(2)19(21)17(13-14)18(16-6-4-3-5-7-16)20-8-10-22-11-9-20/h3-7,12-13,18,21H,8-11H2,1-2H3. The van der Waals surface area contributed by atoms with Gasteiger partial charge in [0, 0.05) is 18.7 Å². The SMILES string of the molecule is Cc1cc(C)c(O)c(C(c2ccccc2)N2CCOCC2)c1. The topological polar surface area (TPSA) is 32.7 Å². The van der Waals surface area contributed by atoms with Crippen LogP contribution < -0.4 is 0 Å². The van der Waals surface area contributed by atoms with Crippen LogP contribution >= 0.6 is 0 Å². The van der Waals surface area contributed by atoms with E-state index in [2.05, 4.69) is 42.2 Å². The second kappa shape index (κ2) is 6.51. The van der Waals surface area contributed by atoms with Gasteiger partial charge in [-0.2, -0.15) is 0 Å². The highest BCUT2D eigenvalue weighted by Gasteiger charge is 2.27. The molecule has 1 heterocycles. The van der Waals surface area contributed by atoms with Crippen LogP contribution in [0.2, 0.25) is 0 Å². The lowest BCUT2D eigenvalue weighted by Gasteiger charge is -2.35. The van der Waals surface area contributed by atoms with E-state index >= 15 is 0 Å². The average Bonchev–Trinajstić information content (AvgIpc) is 2.54. The largest absolute Gasteiger partial charge is 0.507 e. The average molecular weight is 297 g/mol. The molecule has 2 aromatic rings. The van der Waals surface area contributed by atoms with Crippen molar-refractivity contribution in [2.24, 2.45) is 0 Å². The summed E-state index contributed by atoms with van der Waals surface area (Å²) in [6.45, 7) is 7.30. The second-order valence-corrected chi connectivity index (χ2v) is 5.98. The van der Waals surface area contributed by atoms with Crippen LogP contribution in [0.15, 0.2) is 42.5 Å². The lowest BCUT2D eigenvalue weighted by molar-refractivity contribution is 0.0235. The van der Waals surface area contributed by atoms with Crippen molar-refractivity contribution in [1.82, 2.24) is 4.90 Å². The molecule has 1 aliphatic rings. The summed E-state index contributed by atoms with van der Waals surface area (Å²) >= 11 is 0. The number of aryl methyl sites for hydroxylation is 2. The molecule has 3 nitrogen and oxygen atoms in total. The molecular formula is C19H23NO2. The van der Waals surface area contributed by atoms with Crippen molar-refractivity contribution in [3.63, 3.8) is 0 Å². The quantitative estimate of drug-likeness (QED) is 0.942. The van der Waals surface area contributed by atoms with Gasteiger partial charge >= 0.3 is 0 Å². The number of morpholine rings is 1. The van der Waals surface area contributed by atoms with Crippen molar-refractivity contribution in [1.29, 1.82) is 0 Å². The molecular weight excluding hydrogens is 274 g/mol. The predicted molar refractivity (Wildman–Crippen MR) is 88.3 cm³/mol. The monoisotopic (exact) mass is 297 g/mol. The van der Waals surface area contributed by atoms with Crippen LogP contribution in [-0.4, -0.2) is 36.3 Å². The maximum absolute atomic E-state index is 10.6. The third kappa shape index (κ3) is 3.01. The predicted octanol–water partition coefficient (Wildman–Crippen LogP) is 3.43. The number of hydrogen-bond acceptors (Lipinski definition) is 3. The summed E-state index contributed by atoms with van der Waals surface area (Å²) in [5, 5.41) is 10.6. The molecule has 116 valence electrons. The van der Waals surface area contributed by atoms with Crippen LogP contribution in [0.4, 0.5) is 0 Å². The molecule has 0 amide bonds. The molecule has 1 atom stereocenters. The highest BCUT2D eigenvalue weighted by Crippen LogP contribution is 2.37. The molecule has 1 aliphatic heterocycles. The molecule has 0 saturated carbocycles. The van der Waals surface area contributed by atoms with Crippen molar-refractivity contribution < 1.29 is 9.84 Å². The molecule has 1 saturated heterocycles. The van der Waals surface area contributed by atoms with E-state index in [9.17, 15) is 5.11 Å². The molecule has 0 aromatic heterocycles. The van der Waals surface area contributed by atoms with Gasteiger partial charge in [0.1, 0.15) is 5.75 Å². The van der Waals surface area contributed by atoms with E-state index in [1.807, 2.05) is 19.1 Å². The summed E-state index contributed by atoms with van der Waals surface area (Å²) in [7, 11) is 0. The Morgan fingerprint density at radius 3 is 2.41 bits per heavy atom. The van der Waals surface area contributed by atoms with E-state index in [0.29, 0.717) is 5.75 Å². The molecule has 2 aromatic carbocycles. The van der Waals surface area contributed by atoms with Gasteiger partial charge in [0.25, 0.3) is 0 Å².